The van der Waals surface area contributed by atoms with Crippen molar-refractivity contribution in [1.29, 1.82) is 0 Å². The molecule has 5 atom stereocenters. The second-order valence-electron chi connectivity index (χ2n) is 9.53. The van der Waals surface area contributed by atoms with E-state index in [0.29, 0.717) is 6.42 Å². The lowest BCUT2D eigenvalue weighted by atomic mass is 9.95. The SMILES string of the molecule is C[C@@H]1[C@@H]([Si](C)(C)O)[C@H](CCO)O[C@@H]1CCc1ccc(NC(=O)C2CCCNC2)cc1. The van der Waals surface area contributed by atoms with Crippen molar-refractivity contribution in [3.8, 4) is 0 Å². The van der Waals surface area contributed by atoms with Crippen LogP contribution in [0.3, 0.4) is 0 Å². The van der Waals surface area contributed by atoms with Crippen LogP contribution < -0.4 is 10.6 Å². The second kappa shape index (κ2) is 10.4. The Balaban J connectivity index is 1.52. The molecule has 7 heteroatoms. The van der Waals surface area contributed by atoms with Gasteiger partial charge in [0.1, 0.15) is 0 Å². The molecule has 0 saturated carbocycles. The summed E-state index contributed by atoms with van der Waals surface area (Å²) in [5.74, 6) is 0.439. The fourth-order valence-corrected chi connectivity index (χ4v) is 7.85. The van der Waals surface area contributed by atoms with Gasteiger partial charge in [-0.05, 0) is 75.4 Å². The number of benzene rings is 1. The smallest absolute Gasteiger partial charge is 0.228 e. The summed E-state index contributed by atoms with van der Waals surface area (Å²) in [7, 11) is -2.36. The number of carbonyl (C=O) groups is 1. The highest BCUT2D eigenvalue weighted by Gasteiger charge is 2.49. The molecule has 1 aromatic rings. The van der Waals surface area contributed by atoms with Crippen LogP contribution in [0, 0.1) is 11.8 Å². The molecule has 0 aliphatic carbocycles. The Labute approximate surface area is 181 Å². The van der Waals surface area contributed by atoms with E-state index in [9.17, 15) is 14.7 Å². The van der Waals surface area contributed by atoms with E-state index in [2.05, 4.69) is 29.7 Å². The molecule has 1 aromatic carbocycles. The summed E-state index contributed by atoms with van der Waals surface area (Å²) in [6.45, 7) is 7.98. The highest BCUT2D eigenvalue weighted by Crippen LogP contribution is 2.45. The highest BCUT2D eigenvalue weighted by atomic mass is 28.4. The van der Waals surface area contributed by atoms with Gasteiger partial charge in [0.25, 0.3) is 0 Å². The first-order valence-corrected chi connectivity index (χ1v) is 14.4. The monoisotopic (exact) mass is 434 g/mol. The summed E-state index contributed by atoms with van der Waals surface area (Å²) in [4.78, 5) is 23.1. The Hall–Kier alpha value is -1.25. The zero-order valence-electron chi connectivity index (χ0n) is 18.6. The number of rotatable bonds is 8. The summed E-state index contributed by atoms with van der Waals surface area (Å²) in [6.07, 6.45) is 4.42. The molecule has 0 bridgehead atoms. The quantitative estimate of drug-likeness (QED) is 0.472. The fraction of sp³-hybridized carbons (Fsp3) is 0.696. The number of piperidine rings is 1. The summed E-state index contributed by atoms with van der Waals surface area (Å²) in [6, 6.07) is 8.09. The van der Waals surface area contributed by atoms with Crippen LogP contribution in [0.4, 0.5) is 5.69 Å². The second-order valence-corrected chi connectivity index (χ2v) is 13.5. The molecule has 0 radical (unpaired) electrons. The summed E-state index contributed by atoms with van der Waals surface area (Å²) < 4.78 is 6.27. The van der Waals surface area contributed by atoms with Gasteiger partial charge < -0.3 is 25.3 Å². The first-order chi connectivity index (χ1) is 14.3. The molecule has 0 aromatic heterocycles. The Morgan fingerprint density at radius 1 is 1.23 bits per heavy atom. The standard InChI is InChI=1S/C23H38N2O4Si/c1-16-20(29-21(12-14-26)22(16)30(2,3)28)11-8-17-6-9-19(10-7-17)25-23(27)18-5-4-13-24-15-18/h6-7,9-10,16,18,20-22,24,26,28H,4-5,8,11-15H2,1-3H3,(H,25,27)/t16-,18?,20+,21-,22+/m0/s1. The molecular weight excluding hydrogens is 396 g/mol. The van der Waals surface area contributed by atoms with Gasteiger partial charge in [0.15, 0.2) is 8.32 Å². The lowest BCUT2D eigenvalue weighted by Gasteiger charge is -2.30. The van der Waals surface area contributed by atoms with Crippen molar-refractivity contribution < 1.29 is 19.4 Å². The van der Waals surface area contributed by atoms with Crippen LogP contribution in [0.5, 0.6) is 0 Å². The van der Waals surface area contributed by atoms with Gasteiger partial charge in [-0.3, -0.25) is 4.79 Å². The average molecular weight is 435 g/mol. The molecule has 2 heterocycles. The van der Waals surface area contributed by atoms with Gasteiger partial charge in [0, 0.05) is 24.4 Å². The van der Waals surface area contributed by atoms with Crippen molar-refractivity contribution in [2.24, 2.45) is 11.8 Å². The number of aliphatic hydroxyl groups excluding tert-OH is 1. The molecule has 3 rings (SSSR count). The molecule has 6 nitrogen and oxygen atoms in total. The topological polar surface area (TPSA) is 90.8 Å². The van der Waals surface area contributed by atoms with E-state index in [-0.39, 0.29) is 42.1 Å². The van der Waals surface area contributed by atoms with Gasteiger partial charge in [0.2, 0.25) is 5.91 Å². The maximum atomic E-state index is 12.4. The Bertz CT molecular complexity index is 685. The van der Waals surface area contributed by atoms with Gasteiger partial charge in [-0.25, -0.2) is 0 Å². The number of nitrogens with one attached hydrogen (secondary N) is 2. The van der Waals surface area contributed by atoms with Crippen LogP contribution in [-0.4, -0.2) is 56.0 Å². The van der Waals surface area contributed by atoms with Crippen LogP contribution in [0.1, 0.15) is 38.2 Å². The van der Waals surface area contributed by atoms with Gasteiger partial charge in [0.05, 0.1) is 18.1 Å². The summed E-state index contributed by atoms with van der Waals surface area (Å²) in [5, 5.41) is 15.7. The van der Waals surface area contributed by atoms with Gasteiger partial charge >= 0.3 is 0 Å². The van der Waals surface area contributed by atoms with Crippen LogP contribution in [-0.2, 0) is 16.0 Å². The van der Waals surface area contributed by atoms with Crippen LogP contribution in [0.2, 0.25) is 18.6 Å². The molecule has 2 saturated heterocycles. The maximum Gasteiger partial charge on any atom is 0.228 e. The molecule has 168 valence electrons. The van der Waals surface area contributed by atoms with Crippen molar-refractivity contribution in [3.05, 3.63) is 29.8 Å². The van der Waals surface area contributed by atoms with Crippen molar-refractivity contribution in [2.75, 3.05) is 25.0 Å². The number of carbonyl (C=O) groups excluding carboxylic acids is 1. The molecule has 1 amide bonds. The number of amides is 1. The number of aryl methyl sites for hydroxylation is 1. The van der Waals surface area contributed by atoms with E-state index in [1.165, 1.54) is 5.56 Å². The Kier molecular flexibility index (Phi) is 8.09. The van der Waals surface area contributed by atoms with Gasteiger partial charge in [-0.2, -0.15) is 0 Å². The molecule has 0 spiro atoms. The fourth-order valence-electron chi connectivity index (χ4n) is 5.19. The minimum Gasteiger partial charge on any atom is -0.432 e. The van der Waals surface area contributed by atoms with E-state index >= 15 is 0 Å². The molecule has 1 unspecified atom stereocenters. The first-order valence-electron chi connectivity index (χ1n) is 11.4. The normalized spacial score (nSPS) is 29.7. The molecule has 4 N–H and O–H groups in total. The van der Waals surface area contributed by atoms with Crippen molar-refractivity contribution in [1.82, 2.24) is 5.32 Å². The lowest BCUT2D eigenvalue weighted by Crippen LogP contribution is -2.40. The first kappa shape index (κ1) is 23.4. The molecule has 2 aliphatic rings. The third kappa shape index (κ3) is 5.92. The number of hydrogen-bond donors (Lipinski definition) is 4. The van der Waals surface area contributed by atoms with E-state index in [1.807, 2.05) is 25.2 Å². The number of ether oxygens (including phenoxy) is 1. The summed E-state index contributed by atoms with van der Waals surface area (Å²) >= 11 is 0. The van der Waals surface area contributed by atoms with E-state index < -0.39 is 8.32 Å². The van der Waals surface area contributed by atoms with E-state index in [1.54, 1.807) is 0 Å². The van der Waals surface area contributed by atoms with E-state index in [4.69, 9.17) is 4.74 Å². The third-order valence-corrected chi connectivity index (χ3v) is 9.27. The number of aliphatic hydroxyl groups is 1. The predicted molar refractivity (Wildman–Crippen MR) is 122 cm³/mol. The summed E-state index contributed by atoms with van der Waals surface area (Å²) in [5.41, 5.74) is 2.21. The predicted octanol–water partition coefficient (Wildman–Crippen LogP) is 2.91. The Morgan fingerprint density at radius 3 is 2.57 bits per heavy atom. The number of hydrogen-bond acceptors (Lipinski definition) is 5. The van der Waals surface area contributed by atoms with Crippen molar-refractivity contribution in [2.45, 2.75) is 69.9 Å². The number of anilines is 1. The molecule has 30 heavy (non-hydrogen) atoms. The largest absolute Gasteiger partial charge is 0.432 e. The zero-order valence-corrected chi connectivity index (χ0v) is 19.6. The maximum absolute atomic E-state index is 12.4. The Morgan fingerprint density at radius 2 is 1.97 bits per heavy atom. The van der Waals surface area contributed by atoms with Gasteiger partial charge in [-0.15, -0.1) is 0 Å². The van der Waals surface area contributed by atoms with Crippen LogP contribution in [0.25, 0.3) is 0 Å². The molecule has 2 aliphatic heterocycles. The van der Waals surface area contributed by atoms with Crippen LogP contribution in [0.15, 0.2) is 24.3 Å². The molecule has 2 fully saturated rings. The third-order valence-electron chi connectivity index (χ3n) is 6.74. The van der Waals surface area contributed by atoms with Crippen LogP contribution >= 0.6 is 0 Å². The van der Waals surface area contributed by atoms with Crippen molar-refractivity contribution >= 4 is 19.9 Å². The minimum absolute atomic E-state index is 0.0477. The zero-order chi connectivity index (χ0) is 21.7. The minimum atomic E-state index is -2.36. The lowest BCUT2D eigenvalue weighted by molar-refractivity contribution is -0.120. The highest BCUT2D eigenvalue weighted by molar-refractivity contribution is 6.71. The molecular formula is C23H38N2O4Si. The van der Waals surface area contributed by atoms with E-state index in [0.717, 1.165) is 44.5 Å². The average Bonchev–Trinajstić information content (AvgIpc) is 3.03. The van der Waals surface area contributed by atoms with Crippen molar-refractivity contribution in [3.63, 3.8) is 0 Å². The van der Waals surface area contributed by atoms with Gasteiger partial charge in [-0.1, -0.05) is 19.1 Å².